The van der Waals surface area contributed by atoms with E-state index in [0.29, 0.717) is 31.9 Å². The van der Waals surface area contributed by atoms with E-state index in [9.17, 15) is 14.4 Å². The van der Waals surface area contributed by atoms with Crippen molar-refractivity contribution in [2.24, 2.45) is 4.99 Å². The highest BCUT2D eigenvalue weighted by molar-refractivity contribution is 9.10. The van der Waals surface area contributed by atoms with Gasteiger partial charge in [-0.1, -0.05) is 57.6 Å². The Hall–Kier alpha value is -3.30. The minimum Gasteiger partial charge on any atom is -0.463 e. The minimum atomic E-state index is -0.672. The van der Waals surface area contributed by atoms with E-state index in [4.69, 9.17) is 9.47 Å². The summed E-state index contributed by atoms with van der Waals surface area (Å²) in [5.41, 5.74) is 1.86. The first-order valence-electron chi connectivity index (χ1n) is 10.5. The Kier molecular flexibility index (Phi) is 6.95. The van der Waals surface area contributed by atoms with Gasteiger partial charge in [-0.15, -0.1) is 0 Å². The Labute approximate surface area is 207 Å². The number of hydrogen-bond donors (Lipinski definition) is 0. The van der Waals surface area contributed by atoms with Gasteiger partial charge in [-0.25, -0.2) is 9.79 Å². The zero-order chi connectivity index (χ0) is 24.4. The van der Waals surface area contributed by atoms with Crippen LogP contribution in [0.2, 0.25) is 0 Å². The van der Waals surface area contributed by atoms with E-state index in [1.807, 2.05) is 30.3 Å². The average molecular weight is 541 g/mol. The number of carbonyl (C=O) groups excluding carboxylic acids is 2. The van der Waals surface area contributed by atoms with Crippen LogP contribution < -0.4 is 19.6 Å². The quantitative estimate of drug-likeness (QED) is 0.365. The lowest BCUT2D eigenvalue weighted by atomic mass is 9.96. The fraction of sp³-hybridized carbons (Fsp3) is 0.200. The number of carbonyl (C=O) groups is 2. The Bertz CT molecular complexity index is 1490. The summed E-state index contributed by atoms with van der Waals surface area (Å²) in [4.78, 5) is 43.1. The first-order chi connectivity index (χ1) is 16.3. The van der Waals surface area contributed by atoms with Crippen molar-refractivity contribution in [2.75, 3.05) is 6.61 Å². The Morgan fingerprint density at radius 1 is 1.21 bits per heavy atom. The zero-order valence-corrected chi connectivity index (χ0v) is 21.1. The van der Waals surface area contributed by atoms with Gasteiger partial charge in [0.15, 0.2) is 4.80 Å². The van der Waals surface area contributed by atoms with Gasteiger partial charge in [-0.05, 0) is 43.7 Å². The van der Waals surface area contributed by atoms with E-state index < -0.39 is 18.0 Å². The van der Waals surface area contributed by atoms with Crippen molar-refractivity contribution in [3.8, 4) is 5.75 Å². The monoisotopic (exact) mass is 540 g/mol. The molecule has 0 bridgehead atoms. The van der Waals surface area contributed by atoms with Gasteiger partial charge in [0.1, 0.15) is 5.75 Å². The van der Waals surface area contributed by atoms with Crippen LogP contribution in [0.3, 0.4) is 0 Å². The molecule has 2 heterocycles. The topological polar surface area (TPSA) is 87.0 Å². The maximum absolute atomic E-state index is 13.6. The SMILES string of the molecule is CCOC(=O)C1=C(C)N=c2s/c(=C/c3cc(Br)ccc3OC(C)=O)c(=O)n2[C@H]1c1ccccc1. The summed E-state index contributed by atoms with van der Waals surface area (Å²) in [7, 11) is 0. The van der Waals surface area contributed by atoms with Gasteiger partial charge in [0, 0.05) is 17.0 Å². The molecule has 7 nitrogen and oxygen atoms in total. The first kappa shape index (κ1) is 23.8. The predicted octanol–water partition coefficient (Wildman–Crippen LogP) is 3.49. The molecule has 34 heavy (non-hydrogen) atoms. The molecule has 0 amide bonds. The van der Waals surface area contributed by atoms with Crippen molar-refractivity contribution in [1.29, 1.82) is 0 Å². The van der Waals surface area contributed by atoms with E-state index in [1.54, 1.807) is 38.1 Å². The molecule has 3 aromatic rings. The summed E-state index contributed by atoms with van der Waals surface area (Å²) in [5, 5.41) is 0. The normalized spacial score (nSPS) is 15.5. The molecule has 0 fully saturated rings. The summed E-state index contributed by atoms with van der Waals surface area (Å²) >= 11 is 4.63. The molecule has 0 N–H and O–H groups in total. The number of nitrogens with zero attached hydrogens (tertiary/aromatic N) is 2. The van der Waals surface area contributed by atoms with E-state index in [2.05, 4.69) is 20.9 Å². The van der Waals surface area contributed by atoms with E-state index >= 15 is 0 Å². The number of fused-ring (bicyclic) bond motifs is 1. The lowest BCUT2D eigenvalue weighted by Crippen LogP contribution is -2.39. The smallest absolute Gasteiger partial charge is 0.338 e. The standard InChI is InChI=1S/C25H21BrN2O5S/c1-4-32-24(31)21-14(2)27-25-28(22(21)16-8-6-5-7-9-16)23(30)20(34-25)13-17-12-18(26)10-11-19(17)33-15(3)29/h5-13,22H,4H2,1-3H3/b20-13+/t22-/m0/s1. The Morgan fingerprint density at radius 3 is 2.62 bits per heavy atom. The van der Waals surface area contributed by atoms with Crippen LogP contribution in [0, 0.1) is 0 Å². The van der Waals surface area contributed by atoms with Gasteiger partial charge < -0.3 is 9.47 Å². The second kappa shape index (κ2) is 9.90. The molecular formula is C25H21BrN2O5S. The van der Waals surface area contributed by atoms with Crippen LogP contribution in [-0.4, -0.2) is 23.1 Å². The summed E-state index contributed by atoms with van der Waals surface area (Å²) in [6.07, 6.45) is 1.66. The lowest BCUT2D eigenvalue weighted by Gasteiger charge is -2.24. The highest BCUT2D eigenvalue weighted by Gasteiger charge is 2.33. The largest absolute Gasteiger partial charge is 0.463 e. The molecule has 1 aliphatic rings. The molecule has 0 saturated heterocycles. The minimum absolute atomic E-state index is 0.212. The van der Waals surface area contributed by atoms with Crippen molar-refractivity contribution in [3.63, 3.8) is 0 Å². The van der Waals surface area contributed by atoms with Gasteiger partial charge in [0.05, 0.1) is 28.5 Å². The van der Waals surface area contributed by atoms with Crippen LogP contribution in [0.25, 0.3) is 6.08 Å². The molecule has 1 atom stereocenters. The average Bonchev–Trinajstić information content (AvgIpc) is 3.09. The van der Waals surface area contributed by atoms with Crippen molar-refractivity contribution in [3.05, 3.63) is 95.1 Å². The fourth-order valence-corrected chi connectivity index (χ4v) is 5.18. The molecule has 0 spiro atoms. The van der Waals surface area contributed by atoms with Gasteiger partial charge in [0.25, 0.3) is 5.56 Å². The third-order valence-corrected chi connectivity index (χ3v) is 6.62. The van der Waals surface area contributed by atoms with Crippen LogP contribution in [0.5, 0.6) is 5.75 Å². The van der Waals surface area contributed by atoms with Crippen LogP contribution in [0.1, 0.15) is 37.9 Å². The van der Waals surface area contributed by atoms with E-state index in [0.717, 1.165) is 10.0 Å². The number of thiazole rings is 1. The summed E-state index contributed by atoms with van der Waals surface area (Å²) < 4.78 is 13.3. The van der Waals surface area contributed by atoms with E-state index in [-0.39, 0.29) is 12.2 Å². The molecule has 174 valence electrons. The molecule has 4 rings (SSSR count). The van der Waals surface area contributed by atoms with Gasteiger partial charge in [-0.3, -0.25) is 14.2 Å². The number of rotatable bonds is 5. The van der Waals surface area contributed by atoms with Gasteiger partial charge in [0.2, 0.25) is 0 Å². The first-order valence-corrected chi connectivity index (χ1v) is 12.1. The van der Waals surface area contributed by atoms with E-state index in [1.165, 1.54) is 22.8 Å². The third-order valence-electron chi connectivity index (χ3n) is 5.14. The van der Waals surface area contributed by atoms with Crippen LogP contribution in [0.15, 0.2) is 74.1 Å². The Balaban J connectivity index is 1.95. The number of aromatic nitrogens is 1. The molecular weight excluding hydrogens is 520 g/mol. The lowest BCUT2D eigenvalue weighted by molar-refractivity contribution is -0.139. The van der Waals surface area contributed by atoms with Crippen molar-refractivity contribution in [1.82, 2.24) is 4.57 Å². The number of esters is 2. The Morgan fingerprint density at radius 2 is 1.94 bits per heavy atom. The molecule has 2 aromatic carbocycles. The number of benzene rings is 2. The highest BCUT2D eigenvalue weighted by atomic mass is 79.9. The maximum atomic E-state index is 13.6. The summed E-state index contributed by atoms with van der Waals surface area (Å²) in [6, 6.07) is 13.8. The fourth-order valence-electron chi connectivity index (χ4n) is 3.76. The van der Waals surface area contributed by atoms with Crippen LogP contribution in [-0.2, 0) is 14.3 Å². The second-order valence-corrected chi connectivity index (χ2v) is 9.41. The van der Waals surface area contributed by atoms with Crippen LogP contribution >= 0.6 is 27.3 Å². The molecule has 0 aliphatic carbocycles. The molecule has 0 radical (unpaired) electrons. The van der Waals surface area contributed by atoms with Gasteiger partial charge in [-0.2, -0.15) is 0 Å². The van der Waals surface area contributed by atoms with Crippen molar-refractivity contribution < 1.29 is 19.1 Å². The van der Waals surface area contributed by atoms with Crippen LogP contribution in [0.4, 0.5) is 0 Å². The molecule has 1 aliphatic heterocycles. The molecule has 0 unspecified atom stereocenters. The number of halogens is 1. The molecule has 0 saturated carbocycles. The van der Waals surface area contributed by atoms with Gasteiger partial charge >= 0.3 is 11.9 Å². The highest BCUT2D eigenvalue weighted by Crippen LogP contribution is 2.30. The zero-order valence-electron chi connectivity index (χ0n) is 18.7. The maximum Gasteiger partial charge on any atom is 0.338 e. The summed E-state index contributed by atoms with van der Waals surface area (Å²) in [5.74, 6) is -0.627. The second-order valence-electron chi connectivity index (χ2n) is 7.49. The predicted molar refractivity (Wildman–Crippen MR) is 132 cm³/mol. The molecule has 9 heteroatoms. The number of ether oxygens (including phenoxy) is 2. The molecule has 1 aromatic heterocycles. The van der Waals surface area contributed by atoms with Crippen molar-refractivity contribution >= 4 is 45.3 Å². The third kappa shape index (κ3) is 4.67. The summed E-state index contributed by atoms with van der Waals surface area (Å²) in [6.45, 7) is 5.01. The van der Waals surface area contributed by atoms with Crippen molar-refractivity contribution in [2.45, 2.75) is 26.8 Å². The number of allylic oxidation sites excluding steroid dienone is 1. The number of hydrogen-bond acceptors (Lipinski definition) is 7.